The maximum absolute atomic E-state index is 13.0. The summed E-state index contributed by atoms with van der Waals surface area (Å²) in [5, 5.41) is 0. The first-order valence-corrected chi connectivity index (χ1v) is 8.59. The summed E-state index contributed by atoms with van der Waals surface area (Å²) >= 11 is 0. The number of carbonyl (C=O) groups is 2. The zero-order valence-electron chi connectivity index (χ0n) is 15.3. The van der Waals surface area contributed by atoms with Gasteiger partial charge in [-0.3, -0.25) is 9.59 Å². The second-order valence-corrected chi connectivity index (χ2v) is 6.16. The van der Waals surface area contributed by atoms with E-state index in [0.29, 0.717) is 48.8 Å². The lowest BCUT2D eigenvalue weighted by molar-refractivity contribution is 0.0535. The first-order chi connectivity index (χ1) is 13.0. The fourth-order valence-electron chi connectivity index (χ4n) is 3.04. The van der Waals surface area contributed by atoms with Crippen molar-refractivity contribution >= 4 is 11.8 Å². The number of benzene rings is 2. The molecular formula is C20H21FN2O4. The molecule has 0 bridgehead atoms. The predicted molar refractivity (Wildman–Crippen MR) is 97.8 cm³/mol. The van der Waals surface area contributed by atoms with Gasteiger partial charge in [0.05, 0.1) is 14.2 Å². The summed E-state index contributed by atoms with van der Waals surface area (Å²) < 4.78 is 23.4. The van der Waals surface area contributed by atoms with E-state index in [2.05, 4.69) is 0 Å². The van der Waals surface area contributed by atoms with E-state index in [9.17, 15) is 14.0 Å². The van der Waals surface area contributed by atoms with Gasteiger partial charge < -0.3 is 19.3 Å². The van der Waals surface area contributed by atoms with Gasteiger partial charge in [0.2, 0.25) is 0 Å². The molecule has 1 saturated heterocycles. The Morgan fingerprint density at radius 2 is 1.26 bits per heavy atom. The van der Waals surface area contributed by atoms with Crippen LogP contribution in [0.15, 0.2) is 42.5 Å². The Hall–Kier alpha value is -3.09. The summed E-state index contributed by atoms with van der Waals surface area (Å²) in [7, 11) is 3.06. The number of methoxy groups -OCH3 is 2. The topological polar surface area (TPSA) is 59.1 Å². The third kappa shape index (κ3) is 4.02. The molecule has 7 heteroatoms. The number of rotatable bonds is 4. The lowest BCUT2D eigenvalue weighted by Gasteiger charge is -2.35. The largest absolute Gasteiger partial charge is 0.493 e. The van der Waals surface area contributed by atoms with Crippen molar-refractivity contribution in [2.75, 3.05) is 40.4 Å². The summed E-state index contributed by atoms with van der Waals surface area (Å²) in [4.78, 5) is 28.6. The minimum Gasteiger partial charge on any atom is -0.493 e. The Labute approximate surface area is 157 Å². The summed E-state index contributed by atoms with van der Waals surface area (Å²) in [5.41, 5.74) is 0.946. The van der Waals surface area contributed by atoms with Crippen molar-refractivity contribution in [3.05, 3.63) is 59.4 Å². The zero-order valence-corrected chi connectivity index (χ0v) is 15.3. The number of ether oxygens (including phenoxy) is 2. The molecule has 6 nitrogen and oxygen atoms in total. The van der Waals surface area contributed by atoms with Gasteiger partial charge in [-0.25, -0.2) is 4.39 Å². The average molecular weight is 372 g/mol. The van der Waals surface area contributed by atoms with Gasteiger partial charge >= 0.3 is 0 Å². The molecule has 0 aromatic heterocycles. The molecule has 0 unspecified atom stereocenters. The summed E-state index contributed by atoms with van der Waals surface area (Å²) in [6, 6.07) is 10.5. The molecule has 2 aromatic carbocycles. The molecule has 0 radical (unpaired) electrons. The number of hydrogen-bond donors (Lipinski definition) is 0. The van der Waals surface area contributed by atoms with Crippen LogP contribution in [0, 0.1) is 5.82 Å². The van der Waals surface area contributed by atoms with Gasteiger partial charge in [-0.1, -0.05) is 0 Å². The molecular weight excluding hydrogens is 351 g/mol. The zero-order chi connectivity index (χ0) is 19.4. The van der Waals surface area contributed by atoms with E-state index < -0.39 is 0 Å². The quantitative estimate of drug-likeness (QED) is 0.827. The molecule has 0 N–H and O–H groups in total. The van der Waals surface area contributed by atoms with E-state index in [4.69, 9.17) is 9.47 Å². The van der Waals surface area contributed by atoms with Gasteiger partial charge in [-0.05, 0) is 42.5 Å². The molecule has 3 rings (SSSR count). The lowest BCUT2D eigenvalue weighted by atomic mass is 10.1. The van der Waals surface area contributed by atoms with Crippen LogP contribution in [-0.4, -0.2) is 62.0 Å². The van der Waals surface area contributed by atoms with Crippen molar-refractivity contribution in [1.29, 1.82) is 0 Å². The standard InChI is InChI=1S/C20H21FN2O4/c1-26-17-8-5-15(13-18(17)27-2)20(25)23-11-9-22(10-12-23)19(24)14-3-6-16(21)7-4-14/h3-8,13H,9-12H2,1-2H3. The van der Waals surface area contributed by atoms with Crippen LogP contribution in [0.3, 0.4) is 0 Å². The molecule has 1 heterocycles. The third-order valence-corrected chi connectivity index (χ3v) is 4.58. The molecule has 0 aliphatic carbocycles. The highest BCUT2D eigenvalue weighted by Gasteiger charge is 2.26. The van der Waals surface area contributed by atoms with Crippen LogP contribution < -0.4 is 9.47 Å². The van der Waals surface area contributed by atoms with Crippen LogP contribution in [0.2, 0.25) is 0 Å². The Bertz CT molecular complexity index is 830. The first-order valence-electron chi connectivity index (χ1n) is 8.59. The van der Waals surface area contributed by atoms with E-state index in [-0.39, 0.29) is 17.6 Å². The van der Waals surface area contributed by atoms with Crippen LogP contribution in [0.1, 0.15) is 20.7 Å². The summed E-state index contributed by atoms with van der Waals surface area (Å²) in [5.74, 6) is 0.396. The van der Waals surface area contributed by atoms with E-state index in [1.54, 1.807) is 28.0 Å². The van der Waals surface area contributed by atoms with E-state index >= 15 is 0 Å². The fraction of sp³-hybridized carbons (Fsp3) is 0.300. The highest BCUT2D eigenvalue weighted by Crippen LogP contribution is 2.28. The van der Waals surface area contributed by atoms with Gasteiger partial charge in [-0.15, -0.1) is 0 Å². The molecule has 0 spiro atoms. The Morgan fingerprint density at radius 3 is 1.78 bits per heavy atom. The first kappa shape index (κ1) is 18.7. The molecule has 0 saturated carbocycles. The SMILES string of the molecule is COc1ccc(C(=O)N2CCN(C(=O)c3ccc(F)cc3)CC2)cc1OC. The van der Waals surface area contributed by atoms with Crippen molar-refractivity contribution in [1.82, 2.24) is 9.80 Å². The minimum atomic E-state index is -0.378. The molecule has 27 heavy (non-hydrogen) atoms. The molecule has 0 atom stereocenters. The molecule has 1 aliphatic rings. The molecule has 1 aliphatic heterocycles. The Morgan fingerprint density at radius 1 is 0.778 bits per heavy atom. The molecule has 2 aromatic rings. The molecule has 2 amide bonds. The number of nitrogens with zero attached hydrogens (tertiary/aromatic N) is 2. The van der Waals surface area contributed by atoms with Crippen molar-refractivity contribution < 1.29 is 23.5 Å². The summed E-state index contributed by atoms with van der Waals surface area (Å²) in [6.07, 6.45) is 0. The van der Waals surface area contributed by atoms with Crippen LogP contribution >= 0.6 is 0 Å². The van der Waals surface area contributed by atoms with Gasteiger partial charge in [0.15, 0.2) is 11.5 Å². The molecule has 1 fully saturated rings. The second kappa shape index (κ2) is 8.07. The normalized spacial score (nSPS) is 14.0. The highest BCUT2D eigenvalue weighted by molar-refractivity contribution is 5.96. The van der Waals surface area contributed by atoms with E-state index in [1.807, 2.05) is 0 Å². The number of piperazine rings is 1. The predicted octanol–water partition coefficient (Wildman–Crippen LogP) is 2.44. The minimum absolute atomic E-state index is 0.121. The van der Waals surface area contributed by atoms with Crippen LogP contribution in [0.5, 0.6) is 11.5 Å². The van der Waals surface area contributed by atoms with Gasteiger partial charge in [-0.2, -0.15) is 0 Å². The molecule has 142 valence electrons. The van der Waals surface area contributed by atoms with Gasteiger partial charge in [0, 0.05) is 37.3 Å². The Balaban J connectivity index is 1.64. The van der Waals surface area contributed by atoms with Crippen molar-refractivity contribution in [3.63, 3.8) is 0 Å². The summed E-state index contributed by atoms with van der Waals surface area (Å²) in [6.45, 7) is 1.71. The van der Waals surface area contributed by atoms with E-state index in [0.717, 1.165) is 0 Å². The van der Waals surface area contributed by atoms with Gasteiger partial charge in [0.1, 0.15) is 5.82 Å². The van der Waals surface area contributed by atoms with Crippen molar-refractivity contribution in [2.24, 2.45) is 0 Å². The Kier molecular flexibility index (Phi) is 5.59. The van der Waals surface area contributed by atoms with Crippen LogP contribution in [-0.2, 0) is 0 Å². The number of carbonyl (C=O) groups excluding carboxylic acids is 2. The van der Waals surface area contributed by atoms with Crippen LogP contribution in [0.4, 0.5) is 4.39 Å². The van der Waals surface area contributed by atoms with Crippen LogP contribution in [0.25, 0.3) is 0 Å². The second-order valence-electron chi connectivity index (χ2n) is 6.16. The van der Waals surface area contributed by atoms with E-state index in [1.165, 1.54) is 38.5 Å². The monoisotopic (exact) mass is 372 g/mol. The number of amides is 2. The van der Waals surface area contributed by atoms with Crippen molar-refractivity contribution in [2.45, 2.75) is 0 Å². The maximum atomic E-state index is 13.0. The maximum Gasteiger partial charge on any atom is 0.254 e. The number of halogens is 1. The smallest absolute Gasteiger partial charge is 0.254 e. The van der Waals surface area contributed by atoms with Crippen molar-refractivity contribution in [3.8, 4) is 11.5 Å². The van der Waals surface area contributed by atoms with Gasteiger partial charge in [0.25, 0.3) is 11.8 Å². The highest BCUT2D eigenvalue weighted by atomic mass is 19.1. The average Bonchev–Trinajstić information content (AvgIpc) is 2.72. The third-order valence-electron chi connectivity index (χ3n) is 4.58. The lowest BCUT2D eigenvalue weighted by Crippen LogP contribution is -2.50. The number of hydrogen-bond acceptors (Lipinski definition) is 4. The fourth-order valence-corrected chi connectivity index (χ4v) is 3.04.